The van der Waals surface area contributed by atoms with Crippen molar-refractivity contribution in [2.45, 2.75) is 13.3 Å². The molecule has 1 aliphatic rings. The van der Waals surface area contributed by atoms with E-state index < -0.39 is 0 Å². The first-order valence-corrected chi connectivity index (χ1v) is 6.75. The molecule has 102 valence electrons. The smallest absolute Gasteiger partial charge is 0.196 e. The topological polar surface area (TPSA) is 38.3 Å². The Hall–Kier alpha value is -2.29. The molecule has 0 atom stereocenters. The monoisotopic (exact) mass is 267 g/mol. The van der Waals surface area contributed by atoms with E-state index in [1.807, 2.05) is 43.3 Å². The van der Waals surface area contributed by atoms with Gasteiger partial charge >= 0.3 is 0 Å². The molecule has 0 aliphatic carbocycles. The number of hydrogen-bond donors (Lipinski definition) is 1. The van der Waals surface area contributed by atoms with Gasteiger partial charge in [-0.05, 0) is 49.2 Å². The molecule has 0 amide bonds. The van der Waals surface area contributed by atoms with Crippen molar-refractivity contribution in [3.63, 3.8) is 0 Å². The Kier molecular flexibility index (Phi) is 3.18. The summed E-state index contributed by atoms with van der Waals surface area (Å²) in [6, 6.07) is 11.5. The largest absolute Gasteiger partial charge is 0.496 e. The van der Waals surface area contributed by atoms with E-state index in [0.717, 1.165) is 29.8 Å². The molecule has 0 unspecified atom stereocenters. The van der Waals surface area contributed by atoms with Gasteiger partial charge in [-0.25, -0.2) is 0 Å². The van der Waals surface area contributed by atoms with Crippen molar-refractivity contribution in [1.29, 1.82) is 0 Å². The number of carbonyl (C=O) groups excluding carboxylic acids is 1. The van der Waals surface area contributed by atoms with Crippen LogP contribution in [0.4, 0.5) is 5.69 Å². The highest BCUT2D eigenvalue weighted by Crippen LogP contribution is 2.27. The molecular formula is C17H17NO2. The van der Waals surface area contributed by atoms with E-state index in [2.05, 4.69) is 5.32 Å². The molecule has 0 radical (unpaired) electrons. The van der Waals surface area contributed by atoms with Gasteiger partial charge in [0.25, 0.3) is 0 Å². The van der Waals surface area contributed by atoms with Crippen molar-refractivity contribution >= 4 is 11.5 Å². The van der Waals surface area contributed by atoms with Crippen LogP contribution in [0.2, 0.25) is 0 Å². The van der Waals surface area contributed by atoms with E-state index in [9.17, 15) is 4.79 Å². The lowest BCUT2D eigenvalue weighted by atomic mass is 9.98. The zero-order valence-electron chi connectivity index (χ0n) is 11.7. The minimum atomic E-state index is 0.0141. The second-order valence-corrected chi connectivity index (χ2v) is 5.08. The van der Waals surface area contributed by atoms with Crippen LogP contribution in [-0.2, 0) is 6.42 Å². The summed E-state index contributed by atoms with van der Waals surface area (Å²) < 4.78 is 5.30. The molecule has 3 nitrogen and oxygen atoms in total. The van der Waals surface area contributed by atoms with Crippen LogP contribution in [-0.4, -0.2) is 19.4 Å². The highest BCUT2D eigenvalue weighted by atomic mass is 16.5. The van der Waals surface area contributed by atoms with Crippen molar-refractivity contribution in [3.8, 4) is 5.75 Å². The van der Waals surface area contributed by atoms with E-state index >= 15 is 0 Å². The maximum Gasteiger partial charge on any atom is 0.196 e. The van der Waals surface area contributed by atoms with Gasteiger partial charge < -0.3 is 10.1 Å². The highest BCUT2D eigenvalue weighted by molar-refractivity contribution is 6.11. The number of ketones is 1. The van der Waals surface area contributed by atoms with Gasteiger partial charge in [0, 0.05) is 17.8 Å². The first-order chi connectivity index (χ1) is 9.69. The van der Waals surface area contributed by atoms with Crippen molar-refractivity contribution in [3.05, 3.63) is 58.7 Å². The van der Waals surface area contributed by atoms with Gasteiger partial charge in [-0.3, -0.25) is 4.79 Å². The Bertz CT molecular complexity index is 677. The summed E-state index contributed by atoms with van der Waals surface area (Å²) >= 11 is 0. The Morgan fingerprint density at radius 3 is 2.85 bits per heavy atom. The average molecular weight is 267 g/mol. The minimum Gasteiger partial charge on any atom is -0.496 e. The molecule has 2 aromatic rings. The van der Waals surface area contributed by atoms with Gasteiger partial charge in [-0.1, -0.05) is 11.6 Å². The molecule has 0 bridgehead atoms. The van der Waals surface area contributed by atoms with Crippen LogP contribution in [0, 0.1) is 6.92 Å². The van der Waals surface area contributed by atoms with Crippen LogP contribution in [0.15, 0.2) is 36.4 Å². The van der Waals surface area contributed by atoms with E-state index in [-0.39, 0.29) is 5.78 Å². The zero-order valence-corrected chi connectivity index (χ0v) is 11.7. The SMILES string of the molecule is COc1ccc(C)cc1C(=O)c1ccc2c(c1)CCN2. The summed E-state index contributed by atoms with van der Waals surface area (Å²) in [7, 11) is 1.59. The molecule has 1 heterocycles. The van der Waals surface area contributed by atoms with E-state index in [4.69, 9.17) is 4.74 Å². The molecule has 3 rings (SSSR count). The van der Waals surface area contributed by atoms with Crippen LogP contribution in [0.25, 0.3) is 0 Å². The summed E-state index contributed by atoms with van der Waals surface area (Å²) in [5, 5.41) is 3.30. The normalized spacial score (nSPS) is 12.7. The first kappa shape index (κ1) is 12.7. The number of hydrogen-bond acceptors (Lipinski definition) is 3. The number of nitrogens with one attached hydrogen (secondary N) is 1. The Morgan fingerprint density at radius 1 is 1.20 bits per heavy atom. The number of ether oxygens (including phenoxy) is 1. The highest BCUT2D eigenvalue weighted by Gasteiger charge is 2.17. The number of fused-ring (bicyclic) bond motifs is 1. The number of aryl methyl sites for hydroxylation is 1. The van der Waals surface area contributed by atoms with Crippen molar-refractivity contribution in [2.75, 3.05) is 19.0 Å². The molecule has 20 heavy (non-hydrogen) atoms. The zero-order chi connectivity index (χ0) is 14.1. The van der Waals surface area contributed by atoms with Gasteiger partial charge in [0.05, 0.1) is 12.7 Å². The lowest BCUT2D eigenvalue weighted by Gasteiger charge is -2.09. The van der Waals surface area contributed by atoms with Gasteiger partial charge in [0.15, 0.2) is 5.78 Å². The number of methoxy groups -OCH3 is 1. The standard InChI is InChI=1S/C17H17NO2/c1-11-3-6-16(20-2)14(9-11)17(19)13-4-5-15-12(10-13)7-8-18-15/h3-6,9-10,18H,7-8H2,1-2H3. The maximum atomic E-state index is 12.7. The molecule has 2 aromatic carbocycles. The van der Waals surface area contributed by atoms with Crippen LogP contribution in [0.3, 0.4) is 0 Å². The number of rotatable bonds is 3. The van der Waals surface area contributed by atoms with Gasteiger partial charge in [0.2, 0.25) is 0 Å². The number of benzene rings is 2. The van der Waals surface area contributed by atoms with Crippen LogP contribution in [0.1, 0.15) is 27.0 Å². The summed E-state index contributed by atoms with van der Waals surface area (Å²) in [4.78, 5) is 12.7. The molecule has 0 spiro atoms. The molecule has 1 N–H and O–H groups in total. The Morgan fingerprint density at radius 2 is 2.05 bits per heavy atom. The fraction of sp³-hybridized carbons (Fsp3) is 0.235. The third-order valence-corrected chi connectivity index (χ3v) is 3.68. The first-order valence-electron chi connectivity index (χ1n) is 6.75. The second kappa shape index (κ2) is 5.00. The summed E-state index contributed by atoms with van der Waals surface area (Å²) in [6.45, 7) is 2.92. The summed E-state index contributed by atoms with van der Waals surface area (Å²) in [5.74, 6) is 0.638. The fourth-order valence-corrected chi connectivity index (χ4v) is 2.60. The summed E-state index contributed by atoms with van der Waals surface area (Å²) in [5.41, 5.74) is 4.74. The Labute approximate surface area is 118 Å². The quantitative estimate of drug-likeness (QED) is 0.868. The molecule has 0 saturated carbocycles. The average Bonchev–Trinajstić information content (AvgIpc) is 2.93. The van der Waals surface area contributed by atoms with Crippen LogP contribution >= 0.6 is 0 Å². The molecule has 0 saturated heterocycles. The van der Waals surface area contributed by atoms with Crippen molar-refractivity contribution < 1.29 is 9.53 Å². The number of anilines is 1. The predicted octanol–water partition coefficient (Wildman–Crippen LogP) is 3.20. The molecule has 0 aromatic heterocycles. The molecule has 0 fully saturated rings. The van der Waals surface area contributed by atoms with Crippen molar-refractivity contribution in [1.82, 2.24) is 0 Å². The number of carbonyl (C=O) groups is 1. The van der Waals surface area contributed by atoms with Crippen LogP contribution < -0.4 is 10.1 Å². The molecule has 3 heteroatoms. The summed E-state index contributed by atoms with van der Waals surface area (Å²) in [6.07, 6.45) is 0.974. The van der Waals surface area contributed by atoms with Gasteiger partial charge in [-0.2, -0.15) is 0 Å². The lowest BCUT2D eigenvalue weighted by Crippen LogP contribution is -2.05. The second-order valence-electron chi connectivity index (χ2n) is 5.08. The van der Waals surface area contributed by atoms with Crippen LogP contribution in [0.5, 0.6) is 5.75 Å². The third-order valence-electron chi connectivity index (χ3n) is 3.68. The minimum absolute atomic E-state index is 0.0141. The Balaban J connectivity index is 2.02. The van der Waals surface area contributed by atoms with Gasteiger partial charge in [0.1, 0.15) is 5.75 Å². The van der Waals surface area contributed by atoms with Crippen molar-refractivity contribution in [2.24, 2.45) is 0 Å². The maximum absolute atomic E-state index is 12.7. The van der Waals surface area contributed by atoms with Gasteiger partial charge in [-0.15, -0.1) is 0 Å². The fourth-order valence-electron chi connectivity index (χ4n) is 2.60. The van der Waals surface area contributed by atoms with E-state index in [1.165, 1.54) is 5.56 Å². The predicted molar refractivity (Wildman–Crippen MR) is 79.8 cm³/mol. The lowest BCUT2D eigenvalue weighted by molar-refractivity contribution is 0.103. The van der Waals surface area contributed by atoms with E-state index in [1.54, 1.807) is 7.11 Å². The van der Waals surface area contributed by atoms with E-state index in [0.29, 0.717) is 11.3 Å². The molecular weight excluding hydrogens is 250 g/mol. The third kappa shape index (κ3) is 2.16. The molecule has 1 aliphatic heterocycles.